The second-order valence-electron chi connectivity index (χ2n) is 7.05. The summed E-state index contributed by atoms with van der Waals surface area (Å²) in [6.07, 6.45) is 0. The molecule has 4 rings (SSSR count). The van der Waals surface area contributed by atoms with Crippen LogP contribution in [0.25, 0.3) is 16.6 Å². The Morgan fingerprint density at radius 1 is 1.07 bits per heavy atom. The Morgan fingerprint density at radius 2 is 1.79 bits per heavy atom. The van der Waals surface area contributed by atoms with E-state index >= 15 is 0 Å². The number of benzene rings is 2. The van der Waals surface area contributed by atoms with Crippen LogP contribution in [0.1, 0.15) is 0 Å². The lowest BCUT2D eigenvalue weighted by molar-refractivity contribution is 0.160. The van der Waals surface area contributed by atoms with Gasteiger partial charge in [-0.1, -0.05) is 10.8 Å². The van der Waals surface area contributed by atoms with Crippen LogP contribution in [0.15, 0.2) is 46.0 Å². The number of halogens is 1. The Morgan fingerprint density at radius 3 is 2.48 bits per heavy atom. The largest absolute Gasteiger partial charge is 0.497 e. The molecule has 1 fully saturated rings. The molecule has 0 spiro atoms. The van der Waals surface area contributed by atoms with E-state index in [4.69, 9.17) is 4.74 Å². The Kier molecular flexibility index (Phi) is 4.75. The number of aromatic nitrogens is 2. The second-order valence-corrected chi connectivity index (χ2v) is 7.05. The zero-order valence-electron chi connectivity index (χ0n) is 16.1. The summed E-state index contributed by atoms with van der Waals surface area (Å²) < 4.78 is 21.3. The molecule has 1 aliphatic rings. The van der Waals surface area contributed by atoms with Gasteiger partial charge in [0, 0.05) is 32.2 Å². The first-order chi connectivity index (χ1) is 13.9. The first-order valence-corrected chi connectivity index (χ1v) is 9.19. The molecular weight excluding hydrogens is 379 g/mol. The van der Waals surface area contributed by atoms with Crippen molar-refractivity contribution in [2.45, 2.75) is 0 Å². The second kappa shape index (κ2) is 7.25. The van der Waals surface area contributed by atoms with Gasteiger partial charge < -0.3 is 19.7 Å². The number of fused-ring (bicyclic) bond motifs is 1. The van der Waals surface area contributed by atoms with Crippen molar-refractivity contribution in [3.8, 4) is 11.4 Å². The SMILES string of the molecule is COc1cccc(-n2c(=O)n(O)c(=O)c3cc(F)c(N4CCN(C)CC4)cc32)c1. The molecule has 2 aromatic carbocycles. The lowest BCUT2D eigenvalue weighted by Crippen LogP contribution is -2.45. The zero-order valence-corrected chi connectivity index (χ0v) is 16.1. The van der Waals surface area contributed by atoms with E-state index in [1.165, 1.54) is 17.7 Å². The van der Waals surface area contributed by atoms with Crippen molar-refractivity contribution in [2.75, 3.05) is 45.2 Å². The summed E-state index contributed by atoms with van der Waals surface area (Å²) in [6.45, 7) is 2.80. The van der Waals surface area contributed by atoms with Gasteiger partial charge in [-0.25, -0.2) is 9.18 Å². The quantitative estimate of drug-likeness (QED) is 0.668. The third kappa shape index (κ3) is 3.23. The van der Waals surface area contributed by atoms with Gasteiger partial charge in [0.1, 0.15) is 11.6 Å². The Labute approximate surface area is 165 Å². The molecule has 0 aliphatic carbocycles. The van der Waals surface area contributed by atoms with Crippen LogP contribution in [0.5, 0.6) is 5.75 Å². The van der Waals surface area contributed by atoms with E-state index in [9.17, 15) is 19.2 Å². The molecule has 3 aromatic rings. The fraction of sp³-hybridized carbons (Fsp3) is 0.300. The van der Waals surface area contributed by atoms with Crippen molar-refractivity contribution in [1.82, 2.24) is 14.2 Å². The number of methoxy groups -OCH3 is 1. The molecule has 0 bridgehead atoms. The number of rotatable bonds is 3. The van der Waals surface area contributed by atoms with Gasteiger partial charge in [0.15, 0.2) is 0 Å². The maximum absolute atomic E-state index is 14.9. The highest BCUT2D eigenvalue weighted by atomic mass is 19.1. The average molecular weight is 400 g/mol. The fourth-order valence-corrected chi connectivity index (χ4v) is 3.59. The maximum atomic E-state index is 14.9. The van der Waals surface area contributed by atoms with Crippen molar-refractivity contribution < 1.29 is 14.3 Å². The number of likely N-dealkylation sites (N-methyl/N-ethyl adjacent to an activating group) is 1. The molecule has 0 saturated carbocycles. The zero-order chi connectivity index (χ0) is 20.7. The van der Waals surface area contributed by atoms with E-state index in [0.29, 0.717) is 30.2 Å². The van der Waals surface area contributed by atoms with Crippen LogP contribution in [0.3, 0.4) is 0 Å². The molecule has 0 atom stereocenters. The fourth-order valence-electron chi connectivity index (χ4n) is 3.59. The van der Waals surface area contributed by atoms with Gasteiger partial charge in [-0.2, -0.15) is 0 Å². The van der Waals surface area contributed by atoms with Gasteiger partial charge in [0.2, 0.25) is 0 Å². The van der Waals surface area contributed by atoms with Gasteiger partial charge >= 0.3 is 5.69 Å². The van der Waals surface area contributed by atoms with Crippen LogP contribution in [0.2, 0.25) is 0 Å². The molecule has 152 valence electrons. The van der Waals surface area contributed by atoms with E-state index in [1.807, 2.05) is 11.9 Å². The van der Waals surface area contributed by atoms with Gasteiger partial charge in [0.25, 0.3) is 5.56 Å². The standard InChI is InChI=1S/C20H21FN4O4/c1-22-6-8-23(9-7-22)18-12-17-15(11-16(18)21)19(26)25(28)20(27)24(17)13-4-3-5-14(10-13)29-2/h3-5,10-12,28H,6-9H2,1-2H3. The van der Waals surface area contributed by atoms with Crippen LogP contribution in [-0.4, -0.2) is 59.7 Å². The van der Waals surface area contributed by atoms with Crippen LogP contribution < -0.4 is 20.9 Å². The van der Waals surface area contributed by atoms with Gasteiger partial charge in [-0.3, -0.25) is 9.36 Å². The molecule has 0 unspecified atom stereocenters. The van der Waals surface area contributed by atoms with Crippen molar-refractivity contribution in [3.63, 3.8) is 0 Å². The van der Waals surface area contributed by atoms with Crippen molar-refractivity contribution in [3.05, 3.63) is 63.1 Å². The van der Waals surface area contributed by atoms with Crippen LogP contribution in [0, 0.1) is 5.82 Å². The Balaban J connectivity index is 2.00. The molecule has 1 saturated heterocycles. The van der Waals surface area contributed by atoms with Crippen LogP contribution in [-0.2, 0) is 0 Å². The molecule has 1 aliphatic heterocycles. The Hall–Kier alpha value is -3.33. The monoisotopic (exact) mass is 400 g/mol. The maximum Gasteiger partial charge on any atom is 0.369 e. The summed E-state index contributed by atoms with van der Waals surface area (Å²) in [5, 5.41) is 9.92. The third-order valence-corrected chi connectivity index (χ3v) is 5.26. The number of ether oxygens (including phenoxy) is 1. The van der Waals surface area contributed by atoms with Crippen molar-refractivity contribution in [2.24, 2.45) is 0 Å². The summed E-state index contributed by atoms with van der Waals surface area (Å²) in [5.74, 6) is -0.0744. The topological polar surface area (TPSA) is 79.9 Å². The lowest BCUT2D eigenvalue weighted by atomic mass is 10.1. The normalized spacial score (nSPS) is 15.1. The predicted molar refractivity (Wildman–Crippen MR) is 107 cm³/mol. The van der Waals surface area contributed by atoms with Gasteiger partial charge in [-0.05, 0) is 31.3 Å². The molecule has 29 heavy (non-hydrogen) atoms. The van der Waals surface area contributed by atoms with E-state index in [2.05, 4.69) is 4.90 Å². The lowest BCUT2D eigenvalue weighted by Gasteiger charge is -2.34. The van der Waals surface area contributed by atoms with E-state index < -0.39 is 17.1 Å². The van der Waals surface area contributed by atoms with E-state index in [-0.39, 0.29) is 15.6 Å². The molecule has 1 N–H and O–H groups in total. The molecule has 8 nitrogen and oxygen atoms in total. The van der Waals surface area contributed by atoms with Gasteiger partial charge in [0.05, 0.1) is 29.4 Å². The summed E-state index contributed by atoms with van der Waals surface area (Å²) >= 11 is 0. The number of anilines is 1. The smallest absolute Gasteiger partial charge is 0.369 e. The summed E-state index contributed by atoms with van der Waals surface area (Å²) in [5.41, 5.74) is -0.983. The first kappa shape index (κ1) is 19.0. The summed E-state index contributed by atoms with van der Waals surface area (Å²) in [6, 6.07) is 9.22. The highest BCUT2D eigenvalue weighted by molar-refractivity contribution is 5.84. The molecule has 9 heteroatoms. The first-order valence-electron chi connectivity index (χ1n) is 9.19. The van der Waals surface area contributed by atoms with Gasteiger partial charge in [-0.15, -0.1) is 0 Å². The number of hydrogen-bond acceptors (Lipinski definition) is 6. The molecule has 0 amide bonds. The van der Waals surface area contributed by atoms with Crippen molar-refractivity contribution in [1.29, 1.82) is 0 Å². The highest BCUT2D eigenvalue weighted by Gasteiger charge is 2.22. The molecule has 0 radical (unpaired) electrons. The third-order valence-electron chi connectivity index (χ3n) is 5.26. The summed E-state index contributed by atoms with van der Waals surface area (Å²) in [7, 11) is 3.49. The van der Waals surface area contributed by atoms with E-state index in [1.54, 1.807) is 24.3 Å². The highest BCUT2D eigenvalue weighted by Crippen LogP contribution is 2.27. The van der Waals surface area contributed by atoms with Crippen LogP contribution >= 0.6 is 0 Å². The van der Waals surface area contributed by atoms with E-state index in [0.717, 1.165) is 19.2 Å². The molecule has 2 heterocycles. The number of nitrogens with zero attached hydrogens (tertiary/aromatic N) is 4. The average Bonchev–Trinajstić information content (AvgIpc) is 2.73. The Bertz CT molecular complexity index is 1200. The van der Waals surface area contributed by atoms with Crippen molar-refractivity contribution >= 4 is 16.6 Å². The molecular formula is C20H21FN4O4. The minimum absolute atomic E-state index is 0.00320. The number of piperazine rings is 1. The predicted octanol–water partition coefficient (Wildman–Crippen LogP) is 1.29. The minimum Gasteiger partial charge on any atom is -0.497 e. The number of hydrogen-bond donors (Lipinski definition) is 1. The minimum atomic E-state index is -0.965. The molecule has 1 aromatic heterocycles. The summed E-state index contributed by atoms with van der Waals surface area (Å²) in [4.78, 5) is 29.2. The van der Waals surface area contributed by atoms with Crippen LogP contribution in [0.4, 0.5) is 10.1 Å².